The second-order valence-electron chi connectivity index (χ2n) is 8.24. The molecule has 0 radical (unpaired) electrons. The molecule has 2 aliphatic heterocycles. The molecule has 8 heteroatoms. The average Bonchev–Trinajstić information content (AvgIpc) is 3.25. The van der Waals surface area contributed by atoms with Crippen LogP contribution >= 0.6 is 0 Å². The summed E-state index contributed by atoms with van der Waals surface area (Å²) in [5, 5.41) is 8.70. The Bertz CT molecular complexity index is 896. The number of rotatable bonds is 4. The zero-order valence-electron chi connectivity index (χ0n) is 17.5. The first-order chi connectivity index (χ1) is 13.9. The van der Waals surface area contributed by atoms with Crippen LogP contribution in [0.1, 0.15) is 64.8 Å². The predicted octanol–water partition coefficient (Wildman–Crippen LogP) is 2.30. The second-order valence-corrected chi connectivity index (χ2v) is 8.24. The van der Waals surface area contributed by atoms with E-state index in [0.29, 0.717) is 25.1 Å². The third kappa shape index (κ3) is 3.93. The van der Waals surface area contributed by atoms with Crippen LogP contribution in [0.4, 0.5) is 0 Å². The molecule has 0 aromatic carbocycles. The molecule has 0 N–H and O–H groups in total. The minimum atomic E-state index is 0.0319. The van der Waals surface area contributed by atoms with E-state index in [1.807, 2.05) is 36.5 Å². The third-order valence-corrected chi connectivity index (χ3v) is 6.19. The monoisotopic (exact) mass is 399 g/mol. The van der Waals surface area contributed by atoms with Crippen molar-refractivity contribution in [1.29, 1.82) is 0 Å². The molecule has 4 rings (SSSR count). The zero-order valence-corrected chi connectivity index (χ0v) is 17.5. The van der Waals surface area contributed by atoms with Gasteiger partial charge in [-0.2, -0.15) is 5.10 Å². The third-order valence-electron chi connectivity index (χ3n) is 6.19. The van der Waals surface area contributed by atoms with E-state index in [4.69, 9.17) is 9.62 Å². The minimum absolute atomic E-state index is 0.0319. The van der Waals surface area contributed by atoms with Crippen LogP contribution in [0.25, 0.3) is 0 Å². The number of aryl methyl sites for hydroxylation is 3. The largest absolute Gasteiger partial charge is 0.361 e. The van der Waals surface area contributed by atoms with Crippen LogP contribution < -0.4 is 0 Å². The quantitative estimate of drug-likeness (QED) is 0.788. The van der Waals surface area contributed by atoms with Crippen molar-refractivity contribution in [2.45, 2.75) is 58.4 Å². The molecular formula is C21H29N5O3. The Morgan fingerprint density at radius 2 is 2.07 bits per heavy atom. The van der Waals surface area contributed by atoms with E-state index in [2.05, 4.69) is 5.16 Å². The maximum Gasteiger partial charge on any atom is 0.271 e. The second kappa shape index (κ2) is 8.00. The van der Waals surface area contributed by atoms with E-state index < -0.39 is 0 Å². The highest BCUT2D eigenvalue weighted by Crippen LogP contribution is 2.28. The van der Waals surface area contributed by atoms with Gasteiger partial charge in [0.15, 0.2) is 0 Å². The summed E-state index contributed by atoms with van der Waals surface area (Å²) in [5.41, 5.74) is 3.50. The van der Waals surface area contributed by atoms with Crippen LogP contribution in [0.3, 0.4) is 0 Å². The van der Waals surface area contributed by atoms with E-state index >= 15 is 0 Å². The molecule has 2 aromatic heterocycles. The molecule has 0 saturated carbocycles. The first-order valence-corrected chi connectivity index (χ1v) is 10.5. The van der Waals surface area contributed by atoms with Crippen LogP contribution in [-0.2, 0) is 17.8 Å². The van der Waals surface area contributed by atoms with E-state index in [-0.39, 0.29) is 17.7 Å². The molecule has 2 amide bonds. The number of piperidine rings is 1. The lowest BCUT2D eigenvalue weighted by atomic mass is 9.94. The maximum atomic E-state index is 12.8. The van der Waals surface area contributed by atoms with E-state index in [1.54, 1.807) is 4.90 Å². The summed E-state index contributed by atoms with van der Waals surface area (Å²) >= 11 is 0. The summed E-state index contributed by atoms with van der Waals surface area (Å²) in [6.07, 6.45) is 3.97. The van der Waals surface area contributed by atoms with Crippen LogP contribution in [-0.4, -0.2) is 63.2 Å². The predicted molar refractivity (Wildman–Crippen MR) is 107 cm³/mol. The normalized spacial score (nSPS) is 20.0. The Labute approximate surface area is 170 Å². The molecule has 8 nitrogen and oxygen atoms in total. The summed E-state index contributed by atoms with van der Waals surface area (Å²) in [6.45, 7) is 6.77. The summed E-state index contributed by atoms with van der Waals surface area (Å²) in [4.78, 5) is 29.1. The van der Waals surface area contributed by atoms with Gasteiger partial charge in [-0.05, 0) is 45.6 Å². The van der Waals surface area contributed by atoms with Crippen molar-refractivity contribution in [3.05, 3.63) is 34.5 Å². The summed E-state index contributed by atoms with van der Waals surface area (Å²) in [6, 6.07) is 1.94. The molecule has 2 aromatic rings. The summed E-state index contributed by atoms with van der Waals surface area (Å²) in [5.74, 6) is 1.17. The van der Waals surface area contributed by atoms with Gasteiger partial charge in [0, 0.05) is 51.1 Å². The highest BCUT2D eigenvalue weighted by molar-refractivity contribution is 5.92. The van der Waals surface area contributed by atoms with Crippen LogP contribution in [0.2, 0.25) is 0 Å². The SMILES string of the molecule is Cc1noc(C)c1CCC(=O)N1CCCC(c2cc3n(n2)CCCN(C)C3=O)C1. The van der Waals surface area contributed by atoms with Crippen molar-refractivity contribution in [1.82, 2.24) is 24.7 Å². The molecule has 0 bridgehead atoms. The molecule has 2 aliphatic rings. The van der Waals surface area contributed by atoms with Gasteiger partial charge in [0.25, 0.3) is 5.91 Å². The Morgan fingerprint density at radius 1 is 1.24 bits per heavy atom. The fraction of sp³-hybridized carbons (Fsp3) is 0.619. The highest BCUT2D eigenvalue weighted by Gasteiger charge is 2.29. The van der Waals surface area contributed by atoms with Gasteiger partial charge in [0.1, 0.15) is 11.5 Å². The van der Waals surface area contributed by atoms with Gasteiger partial charge in [-0.3, -0.25) is 14.3 Å². The van der Waals surface area contributed by atoms with Gasteiger partial charge in [0.05, 0.1) is 11.4 Å². The number of carbonyl (C=O) groups excluding carboxylic acids is 2. The first-order valence-electron chi connectivity index (χ1n) is 10.5. The number of hydrogen-bond acceptors (Lipinski definition) is 5. The van der Waals surface area contributed by atoms with Gasteiger partial charge in [-0.1, -0.05) is 5.16 Å². The number of carbonyl (C=O) groups is 2. The molecule has 1 unspecified atom stereocenters. The van der Waals surface area contributed by atoms with Crippen molar-refractivity contribution >= 4 is 11.8 Å². The fourth-order valence-corrected chi connectivity index (χ4v) is 4.43. The number of hydrogen-bond donors (Lipinski definition) is 0. The molecule has 1 fully saturated rings. The first kappa shape index (κ1) is 19.7. The minimum Gasteiger partial charge on any atom is -0.361 e. The van der Waals surface area contributed by atoms with Crippen molar-refractivity contribution in [2.75, 3.05) is 26.7 Å². The van der Waals surface area contributed by atoms with Gasteiger partial charge in [0.2, 0.25) is 5.91 Å². The smallest absolute Gasteiger partial charge is 0.271 e. The van der Waals surface area contributed by atoms with E-state index in [1.165, 1.54) is 0 Å². The van der Waals surface area contributed by atoms with Gasteiger partial charge in [-0.25, -0.2) is 0 Å². The fourth-order valence-electron chi connectivity index (χ4n) is 4.43. The molecular weight excluding hydrogens is 370 g/mol. The number of amides is 2. The van der Waals surface area contributed by atoms with Crippen molar-refractivity contribution < 1.29 is 14.1 Å². The van der Waals surface area contributed by atoms with Gasteiger partial charge in [-0.15, -0.1) is 0 Å². The topological polar surface area (TPSA) is 84.5 Å². The number of aromatic nitrogens is 3. The Kier molecular flexibility index (Phi) is 5.43. The molecule has 29 heavy (non-hydrogen) atoms. The summed E-state index contributed by atoms with van der Waals surface area (Å²) < 4.78 is 7.04. The van der Waals surface area contributed by atoms with Crippen LogP contribution in [0.5, 0.6) is 0 Å². The molecule has 1 atom stereocenters. The summed E-state index contributed by atoms with van der Waals surface area (Å²) in [7, 11) is 1.84. The molecule has 1 saturated heterocycles. The number of likely N-dealkylation sites (tertiary alicyclic amines) is 1. The Morgan fingerprint density at radius 3 is 2.83 bits per heavy atom. The van der Waals surface area contributed by atoms with Crippen LogP contribution in [0.15, 0.2) is 10.6 Å². The van der Waals surface area contributed by atoms with Crippen molar-refractivity contribution in [3.63, 3.8) is 0 Å². The van der Waals surface area contributed by atoms with E-state index in [9.17, 15) is 9.59 Å². The van der Waals surface area contributed by atoms with Gasteiger partial charge < -0.3 is 14.3 Å². The Balaban J connectivity index is 1.42. The molecule has 0 spiro atoms. The van der Waals surface area contributed by atoms with Gasteiger partial charge >= 0.3 is 0 Å². The number of fused-ring (bicyclic) bond motifs is 1. The molecule has 0 aliphatic carbocycles. The van der Waals surface area contributed by atoms with E-state index in [0.717, 1.165) is 61.6 Å². The van der Waals surface area contributed by atoms with Crippen molar-refractivity contribution in [2.24, 2.45) is 0 Å². The lowest BCUT2D eigenvalue weighted by Crippen LogP contribution is -2.39. The Hall–Kier alpha value is -2.64. The average molecular weight is 399 g/mol. The van der Waals surface area contributed by atoms with Crippen molar-refractivity contribution in [3.8, 4) is 0 Å². The highest BCUT2D eigenvalue weighted by atomic mass is 16.5. The lowest BCUT2D eigenvalue weighted by molar-refractivity contribution is -0.132. The van der Waals surface area contributed by atoms with Crippen LogP contribution in [0, 0.1) is 13.8 Å². The number of nitrogens with zero attached hydrogens (tertiary/aromatic N) is 5. The maximum absolute atomic E-state index is 12.8. The zero-order chi connectivity index (χ0) is 20.5. The molecule has 156 valence electrons. The molecule has 4 heterocycles. The standard InChI is InChI=1S/C21H29N5O3/c1-14-17(15(2)29-23-14)7-8-20(27)25-10-4-6-16(13-25)18-12-19-21(28)24(3)9-5-11-26(19)22-18/h12,16H,4-11,13H2,1-3H3. The lowest BCUT2D eigenvalue weighted by Gasteiger charge is -2.32.